The minimum absolute atomic E-state index is 0.127. The Labute approximate surface area is 129 Å². The molecule has 0 atom stereocenters. The lowest BCUT2D eigenvalue weighted by Gasteiger charge is -2.27. The molecule has 1 aliphatic heterocycles. The van der Waals surface area contributed by atoms with Crippen molar-refractivity contribution in [2.24, 2.45) is 0 Å². The van der Waals surface area contributed by atoms with Crippen molar-refractivity contribution in [1.82, 2.24) is 4.98 Å². The molecule has 0 saturated carbocycles. The Morgan fingerprint density at radius 3 is 2.67 bits per heavy atom. The summed E-state index contributed by atoms with van der Waals surface area (Å²) >= 11 is 6.18. The predicted octanol–water partition coefficient (Wildman–Crippen LogP) is -0.597. The molecule has 0 unspecified atom stereocenters. The van der Waals surface area contributed by atoms with Gasteiger partial charge in [0.1, 0.15) is 32.7 Å². The highest BCUT2D eigenvalue weighted by Gasteiger charge is 2.22. The van der Waals surface area contributed by atoms with E-state index in [-0.39, 0.29) is 5.43 Å². The molecule has 4 nitrogen and oxygen atoms in total. The van der Waals surface area contributed by atoms with Crippen LogP contribution in [-0.2, 0) is 6.54 Å². The Morgan fingerprint density at radius 1 is 1.24 bits per heavy atom. The van der Waals surface area contributed by atoms with Gasteiger partial charge in [0.05, 0.1) is 23.2 Å². The van der Waals surface area contributed by atoms with Crippen LogP contribution in [0.3, 0.4) is 0 Å². The zero-order valence-corrected chi connectivity index (χ0v) is 13.3. The average molecular weight is 308 g/mol. The summed E-state index contributed by atoms with van der Waals surface area (Å²) in [6, 6.07) is 5.50. The van der Waals surface area contributed by atoms with Gasteiger partial charge in [0, 0.05) is 11.1 Å². The van der Waals surface area contributed by atoms with Crippen LogP contribution in [-0.4, -0.2) is 38.2 Å². The summed E-state index contributed by atoms with van der Waals surface area (Å²) in [6.45, 7) is 7.37. The van der Waals surface area contributed by atoms with E-state index in [2.05, 4.69) is 12.0 Å². The minimum atomic E-state index is 0.127. The molecular formula is C16H22ClN3O+2. The fraction of sp³-hybridized carbons (Fsp3) is 0.438. The molecule has 21 heavy (non-hydrogen) atoms. The van der Waals surface area contributed by atoms with E-state index in [0.717, 1.165) is 36.4 Å². The van der Waals surface area contributed by atoms with Crippen LogP contribution in [0.2, 0.25) is 5.02 Å². The Morgan fingerprint density at radius 2 is 1.95 bits per heavy atom. The first kappa shape index (κ1) is 14.6. The second-order valence-corrected chi connectivity index (χ2v) is 6.51. The second kappa shape index (κ2) is 5.79. The van der Waals surface area contributed by atoms with Gasteiger partial charge in [-0.25, -0.2) is 0 Å². The lowest BCUT2D eigenvalue weighted by molar-refractivity contribution is -1.01. The molecule has 3 N–H and O–H groups in total. The lowest BCUT2D eigenvalue weighted by Crippen LogP contribution is -3.26. The monoisotopic (exact) mass is 307 g/mol. The number of aromatic amines is 1. The van der Waals surface area contributed by atoms with Crippen LogP contribution in [0.1, 0.15) is 11.3 Å². The van der Waals surface area contributed by atoms with Gasteiger partial charge in [-0.2, -0.15) is 0 Å². The van der Waals surface area contributed by atoms with Crippen LogP contribution in [0, 0.1) is 6.92 Å². The predicted molar refractivity (Wildman–Crippen MR) is 85.3 cm³/mol. The van der Waals surface area contributed by atoms with Gasteiger partial charge < -0.3 is 14.8 Å². The van der Waals surface area contributed by atoms with E-state index in [1.165, 1.54) is 18.0 Å². The van der Waals surface area contributed by atoms with Crippen LogP contribution in [0.4, 0.5) is 0 Å². The average Bonchev–Trinajstić information content (AvgIpc) is 2.47. The fourth-order valence-electron chi connectivity index (χ4n) is 3.11. The fourth-order valence-corrected chi connectivity index (χ4v) is 3.33. The SMILES string of the molecule is Cc1[nH]c2c(Cl)cccc2c(=O)c1C[NH+]1CC[NH+](C)CC1. The topological polar surface area (TPSA) is 41.7 Å². The van der Waals surface area contributed by atoms with E-state index >= 15 is 0 Å². The molecule has 1 aromatic carbocycles. The number of rotatable bonds is 2. The first-order valence-corrected chi connectivity index (χ1v) is 7.89. The summed E-state index contributed by atoms with van der Waals surface area (Å²) in [6.07, 6.45) is 0. The molecule has 1 saturated heterocycles. The summed E-state index contributed by atoms with van der Waals surface area (Å²) in [5.74, 6) is 0. The molecule has 0 amide bonds. The van der Waals surface area contributed by atoms with Crippen molar-refractivity contribution in [1.29, 1.82) is 0 Å². The quantitative estimate of drug-likeness (QED) is 0.682. The highest BCUT2D eigenvalue weighted by Crippen LogP contribution is 2.20. The number of nitrogens with one attached hydrogen (secondary N) is 3. The molecule has 3 rings (SSSR count). The number of pyridine rings is 1. The van der Waals surface area contributed by atoms with Gasteiger partial charge in [0.25, 0.3) is 0 Å². The molecule has 0 bridgehead atoms. The Hall–Kier alpha value is -1.36. The number of hydrogen-bond acceptors (Lipinski definition) is 1. The summed E-state index contributed by atoms with van der Waals surface area (Å²) in [4.78, 5) is 19.1. The van der Waals surface area contributed by atoms with Gasteiger partial charge >= 0.3 is 0 Å². The van der Waals surface area contributed by atoms with Crippen molar-refractivity contribution in [3.05, 3.63) is 44.7 Å². The van der Waals surface area contributed by atoms with E-state index in [0.29, 0.717) is 10.4 Å². The maximum atomic E-state index is 12.7. The third-order valence-electron chi connectivity index (χ3n) is 4.53. The zero-order chi connectivity index (χ0) is 15.0. The summed E-state index contributed by atoms with van der Waals surface area (Å²) in [5.41, 5.74) is 2.73. The van der Waals surface area contributed by atoms with Crippen LogP contribution in [0.15, 0.2) is 23.0 Å². The van der Waals surface area contributed by atoms with Crippen molar-refractivity contribution >= 4 is 22.5 Å². The van der Waals surface area contributed by atoms with Crippen LogP contribution >= 0.6 is 11.6 Å². The normalized spacial score (nSPS) is 22.6. The number of aryl methyl sites for hydroxylation is 1. The molecule has 0 spiro atoms. The number of aromatic nitrogens is 1. The molecule has 1 fully saturated rings. The van der Waals surface area contributed by atoms with Gasteiger partial charge in [-0.15, -0.1) is 0 Å². The van der Waals surface area contributed by atoms with Crippen molar-refractivity contribution in [3.8, 4) is 0 Å². The van der Waals surface area contributed by atoms with E-state index < -0.39 is 0 Å². The number of benzene rings is 1. The number of quaternary nitrogens is 2. The smallest absolute Gasteiger partial charge is 0.198 e. The van der Waals surface area contributed by atoms with E-state index in [9.17, 15) is 4.79 Å². The van der Waals surface area contributed by atoms with Crippen LogP contribution < -0.4 is 15.2 Å². The van der Waals surface area contributed by atoms with Gasteiger partial charge in [-0.1, -0.05) is 17.7 Å². The number of fused-ring (bicyclic) bond motifs is 1. The molecule has 1 aromatic heterocycles. The lowest BCUT2D eigenvalue weighted by atomic mass is 10.1. The maximum absolute atomic E-state index is 12.7. The zero-order valence-electron chi connectivity index (χ0n) is 12.6. The summed E-state index contributed by atoms with van der Waals surface area (Å²) in [7, 11) is 2.23. The number of likely N-dealkylation sites (N-methyl/N-ethyl adjacent to an activating group) is 1. The molecule has 2 aromatic rings. The summed E-state index contributed by atoms with van der Waals surface area (Å²) in [5, 5.41) is 1.30. The summed E-state index contributed by atoms with van der Waals surface area (Å²) < 4.78 is 0. The Bertz CT molecular complexity index is 717. The third-order valence-corrected chi connectivity index (χ3v) is 4.85. The van der Waals surface area contributed by atoms with Crippen LogP contribution in [0.25, 0.3) is 10.9 Å². The van der Waals surface area contributed by atoms with Crippen molar-refractivity contribution in [2.75, 3.05) is 33.2 Å². The third kappa shape index (κ3) is 2.84. The van der Waals surface area contributed by atoms with Crippen molar-refractivity contribution in [2.45, 2.75) is 13.5 Å². The van der Waals surface area contributed by atoms with Gasteiger partial charge in [-0.3, -0.25) is 4.79 Å². The number of halogens is 1. The van der Waals surface area contributed by atoms with Gasteiger partial charge in [-0.05, 0) is 19.1 Å². The molecule has 0 radical (unpaired) electrons. The number of hydrogen-bond donors (Lipinski definition) is 3. The second-order valence-electron chi connectivity index (χ2n) is 6.10. The van der Waals surface area contributed by atoms with Crippen molar-refractivity contribution < 1.29 is 9.80 Å². The molecule has 5 heteroatoms. The minimum Gasteiger partial charge on any atom is -0.357 e. The number of piperazine rings is 1. The number of H-pyrrole nitrogens is 1. The molecule has 2 heterocycles. The first-order chi connectivity index (χ1) is 10.1. The Kier molecular flexibility index (Phi) is 4.02. The molecule has 112 valence electrons. The van der Waals surface area contributed by atoms with Crippen LogP contribution in [0.5, 0.6) is 0 Å². The Balaban J connectivity index is 1.97. The molecule has 0 aliphatic carbocycles. The largest absolute Gasteiger partial charge is 0.357 e. The highest BCUT2D eigenvalue weighted by molar-refractivity contribution is 6.35. The van der Waals surface area contributed by atoms with Crippen molar-refractivity contribution in [3.63, 3.8) is 0 Å². The highest BCUT2D eigenvalue weighted by atomic mass is 35.5. The molecule has 1 aliphatic rings. The van der Waals surface area contributed by atoms with E-state index in [1.807, 2.05) is 25.1 Å². The van der Waals surface area contributed by atoms with Gasteiger partial charge in [0.15, 0.2) is 5.43 Å². The number of para-hydroxylation sites is 1. The first-order valence-electron chi connectivity index (χ1n) is 7.51. The standard InChI is InChI=1S/C16H20ClN3O/c1-11-13(10-20-8-6-19(2)7-9-20)16(21)12-4-3-5-14(17)15(12)18-11/h3-5H,6-10H2,1-2H3,(H,18,21)/p+2. The molecular weight excluding hydrogens is 286 g/mol. The maximum Gasteiger partial charge on any atom is 0.198 e. The van der Waals surface area contributed by atoms with Gasteiger partial charge in [0.2, 0.25) is 0 Å². The van der Waals surface area contributed by atoms with E-state index in [4.69, 9.17) is 11.6 Å². The van der Waals surface area contributed by atoms with E-state index in [1.54, 1.807) is 4.90 Å².